The van der Waals surface area contributed by atoms with Crippen LogP contribution >= 0.6 is 27.5 Å². The molecule has 1 N–H and O–H groups in total. The van der Waals surface area contributed by atoms with Crippen molar-refractivity contribution in [2.24, 2.45) is 0 Å². The zero-order valence-corrected chi connectivity index (χ0v) is 17.3. The van der Waals surface area contributed by atoms with Crippen LogP contribution in [0.2, 0.25) is 5.02 Å². The fourth-order valence-corrected chi connectivity index (χ4v) is 3.53. The van der Waals surface area contributed by atoms with Gasteiger partial charge >= 0.3 is 0 Å². The molecule has 0 bridgehead atoms. The molecule has 140 valence electrons. The summed E-state index contributed by atoms with van der Waals surface area (Å²) < 4.78 is 5.83. The number of ether oxygens (including phenoxy) is 1. The van der Waals surface area contributed by atoms with Crippen molar-refractivity contribution in [3.63, 3.8) is 0 Å². The number of hydrogen-bond acceptors (Lipinski definition) is 3. The van der Waals surface area contributed by atoms with Crippen molar-refractivity contribution in [2.75, 3.05) is 12.4 Å². The molecule has 0 aliphatic rings. The highest BCUT2D eigenvalue weighted by Crippen LogP contribution is 2.32. The minimum atomic E-state index is -0.481. The largest absolute Gasteiger partial charge is 0.497 e. The van der Waals surface area contributed by atoms with Crippen LogP contribution in [0, 0.1) is 11.3 Å². The van der Waals surface area contributed by atoms with E-state index in [4.69, 9.17) is 16.3 Å². The molecule has 4 nitrogen and oxygen atoms in total. The van der Waals surface area contributed by atoms with Gasteiger partial charge in [-0.05, 0) is 57.4 Å². The Labute approximate surface area is 176 Å². The van der Waals surface area contributed by atoms with Crippen LogP contribution in [0.1, 0.15) is 27.4 Å². The maximum atomic E-state index is 12.6. The molecule has 6 heteroatoms. The summed E-state index contributed by atoms with van der Waals surface area (Å²) >= 11 is 9.80. The number of hydrogen-bond donors (Lipinski definition) is 1. The lowest BCUT2D eigenvalue weighted by Crippen LogP contribution is -2.13. The molecule has 0 saturated carbocycles. The van der Waals surface area contributed by atoms with E-state index in [0.717, 1.165) is 5.56 Å². The van der Waals surface area contributed by atoms with E-state index >= 15 is 0 Å². The Hall–Kier alpha value is -2.81. The molecule has 0 fully saturated rings. The lowest BCUT2D eigenvalue weighted by atomic mass is 9.92. The van der Waals surface area contributed by atoms with Crippen molar-refractivity contribution < 1.29 is 9.53 Å². The fourth-order valence-electron chi connectivity index (χ4n) is 2.81. The van der Waals surface area contributed by atoms with Crippen LogP contribution in [0.3, 0.4) is 0 Å². The van der Waals surface area contributed by atoms with Gasteiger partial charge in [0.15, 0.2) is 0 Å². The Morgan fingerprint density at radius 2 is 1.89 bits per heavy atom. The molecular formula is C22H16BrClN2O2. The molecule has 0 aliphatic carbocycles. The SMILES string of the molecule is COc1ccc(Br)c(C(=O)Nc2ccc(C(C#N)c3ccccc3)c(Cl)c2)c1. The number of anilines is 1. The first-order chi connectivity index (χ1) is 13.5. The Balaban J connectivity index is 1.85. The third-order valence-corrected chi connectivity index (χ3v) is 5.27. The normalized spacial score (nSPS) is 11.4. The number of rotatable bonds is 5. The van der Waals surface area contributed by atoms with Gasteiger partial charge in [-0.2, -0.15) is 5.26 Å². The summed E-state index contributed by atoms with van der Waals surface area (Å²) in [6.45, 7) is 0. The zero-order valence-electron chi connectivity index (χ0n) is 14.9. The molecule has 1 unspecified atom stereocenters. The lowest BCUT2D eigenvalue weighted by molar-refractivity contribution is 0.102. The molecule has 3 aromatic carbocycles. The summed E-state index contributed by atoms with van der Waals surface area (Å²) in [5.74, 6) is -0.193. The number of carbonyl (C=O) groups excluding carboxylic acids is 1. The van der Waals surface area contributed by atoms with Gasteiger partial charge in [-0.25, -0.2) is 0 Å². The first kappa shape index (κ1) is 19.9. The van der Waals surface area contributed by atoms with E-state index < -0.39 is 5.92 Å². The van der Waals surface area contributed by atoms with E-state index in [1.54, 1.807) is 43.5 Å². The smallest absolute Gasteiger partial charge is 0.256 e. The minimum absolute atomic E-state index is 0.297. The number of benzene rings is 3. The summed E-state index contributed by atoms with van der Waals surface area (Å²) in [5.41, 5.74) is 2.54. The molecule has 0 radical (unpaired) electrons. The van der Waals surface area contributed by atoms with Crippen molar-refractivity contribution in [2.45, 2.75) is 5.92 Å². The average Bonchev–Trinajstić information content (AvgIpc) is 2.71. The van der Waals surface area contributed by atoms with Crippen molar-refractivity contribution in [3.8, 4) is 11.8 Å². The van der Waals surface area contributed by atoms with Crippen LogP contribution in [0.4, 0.5) is 5.69 Å². The summed E-state index contributed by atoms with van der Waals surface area (Å²) in [6.07, 6.45) is 0. The molecule has 0 aromatic heterocycles. The van der Waals surface area contributed by atoms with Crippen molar-refractivity contribution in [1.29, 1.82) is 5.26 Å². The van der Waals surface area contributed by atoms with Gasteiger partial charge in [-0.3, -0.25) is 4.79 Å². The van der Waals surface area contributed by atoms with Crippen LogP contribution in [0.25, 0.3) is 0 Å². The van der Waals surface area contributed by atoms with Gasteiger partial charge in [0.05, 0.1) is 24.7 Å². The summed E-state index contributed by atoms with van der Waals surface area (Å²) in [6, 6.07) is 22.0. The second-order valence-corrected chi connectivity index (χ2v) is 7.27. The second kappa shape index (κ2) is 8.92. The van der Waals surface area contributed by atoms with Crippen molar-refractivity contribution >= 4 is 39.1 Å². The Bertz CT molecular complexity index is 1050. The molecule has 1 atom stereocenters. The van der Waals surface area contributed by atoms with Crippen LogP contribution in [-0.4, -0.2) is 13.0 Å². The molecule has 0 spiro atoms. The second-order valence-electron chi connectivity index (χ2n) is 6.01. The number of methoxy groups -OCH3 is 1. The third-order valence-electron chi connectivity index (χ3n) is 4.25. The van der Waals surface area contributed by atoms with Gasteiger partial charge < -0.3 is 10.1 Å². The topological polar surface area (TPSA) is 62.1 Å². The van der Waals surface area contributed by atoms with Crippen LogP contribution < -0.4 is 10.1 Å². The first-order valence-corrected chi connectivity index (χ1v) is 9.59. The quantitative estimate of drug-likeness (QED) is 0.512. The molecular weight excluding hydrogens is 440 g/mol. The minimum Gasteiger partial charge on any atom is -0.497 e. The first-order valence-electron chi connectivity index (χ1n) is 8.42. The van der Waals surface area contributed by atoms with E-state index in [9.17, 15) is 10.1 Å². The molecule has 0 aliphatic heterocycles. The van der Waals surface area contributed by atoms with E-state index in [0.29, 0.717) is 32.1 Å². The third kappa shape index (κ3) is 4.36. The maximum Gasteiger partial charge on any atom is 0.256 e. The van der Waals surface area contributed by atoms with Gasteiger partial charge in [0.1, 0.15) is 5.75 Å². The van der Waals surface area contributed by atoms with Gasteiger partial charge in [-0.1, -0.05) is 48.0 Å². The molecule has 0 heterocycles. The van der Waals surface area contributed by atoms with E-state index in [1.165, 1.54) is 0 Å². The average molecular weight is 456 g/mol. The Morgan fingerprint density at radius 1 is 1.14 bits per heavy atom. The maximum absolute atomic E-state index is 12.6. The molecule has 3 aromatic rings. The molecule has 1 amide bonds. The van der Waals surface area contributed by atoms with Crippen LogP contribution in [-0.2, 0) is 0 Å². The van der Waals surface area contributed by atoms with Crippen LogP contribution in [0.5, 0.6) is 5.75 Å². The summed E-state index contributed by atoms with van der Waals surface area (Å²) in [7, 11) is 1.54. The standard InChI is InChI=1S/C22H16BrClN2O2/c1-28-16-8-10-20(23)18(12-16)22(27)26-15-7-9-17(21(24)11-15)19(13-25)14-5-3-2-4-6-14/h2-12,19H,1H3,(H,26,27). The van der Waals surface area contributed by atoms with Crippen LogP contribution in [0.15, 0.2) is 71.2 Å². The summed E-state index contributed by atoms with van der Waals surface area (Å²) in [4.78, 5) is 12.6. The Morgan fingerprint density at radius 3 is 2.54 bits per heavy atom. The predicted octanol–water partition coefficient (Wildman–Crippen LogP) is 6.02. The van der Waals surface area contributed by atoms with E-state index in [1.807, 2.05) is 30.3 Å². The number of halogens is 2. The van der Waals surface area contributed by atoms with E-state index in [2.05, 4.69) is 27.3 Å². The van der Waals surface area contributed by atoms with Gasteiger partial charge in [0, 0.05) is 15.2 Å². The molecule has 3 rings (SSSR count). The number of nitrogens with one attached hydrogen (secondary N) is 1. The highest BCUT2D eigenvalue weighted by molar-refractivity contribution is 9.10. The molecule has 28 heavy (non-hydrogen) atoms. The fraction of sp³-hybridized carbons (Fsp3) is 0.0909. The van der Waals surface area contributed by atoms with Gasteiger partial charge in [0.25, 0.3) is 5.91 Å². The monoisotopic (exact) mass is 454 g/mol. The number of amides is 1. The zero-order chi connectivity index (χ0) is 20.1. The van der Waals surface area contributed by atoms with Crippen molar-refractivity contribution in [1.82, 2.24) is 0 Å². The number of nitrogens with zero attached hydrogens (tertiary/aromatic N) is 1. The van der Waals surface area contributed by atoms with Gasteiger partial charge in [0.2, 0.25) is 0 Å². The summed E-state index contributed by atoms with van der Waals surface area (Å²) in [5, 5.41) is 12.8. The van der Waals surface area contributed by atoms with Crippen molar-refractivity contribution in [3.05, 3.63) is 92.9 Å². The lowest BCUT2D eigenvalue weighted by Gasteiger charge is -2.14. The predicted molar refractivity (Wildman–Crippen MR) is 114 cm³/mol. The van der Waals surface area contributed by atoms with E-state index in [-0.39, 0.29) is 5.91 Å². The number of carbonyl (C=O) groups is 1. The highest BCUT2D eigenvalue weighted by Gasteiger charge is 2.18. The Kier molecular flexibility index (Phi) is 6.35. The molecule has 0 saturated heterocycles. The van der Waals surface area contributed by atoms with Gasteiger partial charge in [-0.15, -0.1) is 0 Å². The highest BCUT2D eigenvalue weighted by atomic mass is 79.9. The number of nitriles is 1.